The van der Waals surface area contributed by atoms with E-state index in [-0.39, 0.29) is 16.7 Å². The quantitative estimate of drug-likeness (QED) is 0.414. The molecule has 9 heteroatoms. The number of thiocarbonyl (C=S) groups is 1. The smallest absolute Gasteiger partial charge is 0.270 e. The van der Waals surface area contributed by atoms with Crippen LogP contribution in [-0.4, -0.2) is 20.9 Å². The van der Waals surface area contributed by atoms with Crippen molar-refractivity contribution in [1.29, 1.82) is 0 Å². The van der Waals surface area contributed by atoms with E-state index >= 15 is 0 Å². The van der Waals surface area contributed by atoms with Gasteiger partial charge in [0.1, 0.15) is 0 Å². The second-order valence-corrected chi connectivity index (χ2v) is 6.64. The average Bonchev–Trinajstić information content (AvgIpc) is 2.96. The molecular weight excluding hydrogens is 360 g/mol. The Balaban J connectivity index is 1.70. The topological polar surface area (TPSA) is 97.2 Å². The first-order valence-corrected chi connectivity index (χ1v) is 8.39. The third-order valence-corrected chi connectivity index (χ3v) is 4.48. The first-order valence-electron chi connectivity index (χ1n) is 7.16. The van der Waals surface area contributed by atoms with Crippen molar-refractivity contribution in [3.63, 3.8) is 0 Å². The second kappa shape index (κ2) is 6.91. The number of nitrogens with zero attached hydrogens (tertiary/aromatic N) is 2. The van der Waals surface area contributed by atoms with Crippen LogP contribution in [0.15, 0.2) is 42.5 Å². The molecule has 0 aliphatic heterocycles. The largest absolute Gasteiger partial charge is 0.308 e. The highest BCUT2D eigenvalue weighted by Gasteiger charge is 2.12. The molecule has 25 heavy (non-hydrogen) atoms. The number of amides is 1. The molecule has 2 aromatic carbocycles. The van der Waals surface area contributed by atoms with Gasteiger partial charge in [0.25, 0.3) is 11.6 Å². The number of carbonyl (C=O) groups is 1. The van der Waals surface area contributed by atoms with Crippen molar-refractivity contribution >= 4 is 55.6 Å². The first kappa shape index (κ1) is 16.9. The summed E-state index contributed by atoms with van der Waals surface area (Å²) in [5, 5.41) is 16.8. The van der Waals surface area contributed by atoms with Gasteiger partial charge in [-0.25, -0.2) is 4.98 Å². The number of rotatable bonds is 3. The Bertz CT molecular complexity index is 983. The number of anilines is 1. The van der Waals surface area contributed by atoms with Gasteiger partial charge in [0.05, 0.1) is 15.1 Å². The number of thiazole rings is 1. The van der Waals surface area contributed by atoms with Crippen LogP contribution in [0.25, 0.3) is 10.2 Å². The van der Waals surface area contributed by atoms with Crippen LogP contribution >= 0.6 is 23.6 Å². The van der Waals surface area contributed by atoms with E-state index in [9.17, 15) is 14.9 Å². The number of nitro benzene ring substituents is 1. The van der Waals surface area contributed by atoms with Gasteiger partial charge in [0, 0.05) is 17.7 Å². The highest BCUT2D eigenvalue weighted by Crippen LogP contribution is 2.29. The molecule has 1 aromatic heterocycles. The van der Waals surface area contributed by atoms with Crippen molar-refractivity contribution in [2.24, 2.45) is 0 Å². The number of nitro groups is 1. The number of fused-ring (bicyclic) bond motifs is 1. The highest BCUT2D eigenvalue weighted by atomic mass is 32.1. The number of hydrogen-bond donors (Lipinski definition) is 2. The van der Waals surface area contributed by atoms with Gasteiger partial charge in [-0.05, 0) is 37.3 Å². The molecule has 0 saturated heterocycles. The molecule has 3 rings (SSSR count). The van der Waals surface area contributed by atoms with E-state index in [2.05, 4.69) is 15.6 Å². The van der Waals surface area contributed by atoms with E-state index < -0.39 is 4.92 Å². The Labute approximate surface area is 151 Å². The van der Waals surface area contributed by atoms with Crippen LogP contribution in [0, 0.1) is 17.0 Å². The summed E-state index contributed by atoms with van der Waals surface area (Å²) in [6, 6.07) is 11.5. The molecule has 0 aliphatic rings. The minimum Gasteiger partial charge on any atom is -0.308 e. The molecule has 7 nitrogen and oxygen atoms in total. The van der Waals surface area contributed by atoms with E-state index in [4.69, 9.17) is 12.2 Å². The van der Waals surface area contributed by atoms with Gasteiger partial charge >= 0.3 is 0 Å². The molecule has 0 radical (unpaired) electrons. The summed E-state index contributed by atoms with van der Waals surface area (Å²) in [5.41, 5.74) is 2.17. The van der Waals surface area contributed by atoms with Crippen molar-refractivity contribution in [2.45, 2.75) is 6.92 Å². The molecule has 0 atom stereocenters. The molecule has 3 aromatic rings. The molecule has 2 N–H and O–H groups in total. The van der Waals surface area contributed by atoms with E-state index in [1.54, 1.807) is 18.2 Å². The van der Waals surface area contributed by atoms with E-state index in [0.29, 0.717) is 20.9 Å². The second-order valence-electron chi connectivity index (χ2n) is 5.20. The maximum atomic E-state index is 12.1. The van der Waals surface area contributed by atoms with Gasteiger partial charge < -0.3 is 5.32 Å². The van der Waals surface area contributed by atoms with Crippen LogP contribution in [0.5, 0.6) is 0 Å². The molecule has 0 saturated carbocycles. The summed E-state index contributed by atoms with van der Waals surface area (Å²) in [6.07, 6.45) is 0. The fourth-order valence-electron chi connectivity index (χ4n) is 2.09. The van der Waals surface area contributed by atoms with Crippen molar-refractivity contribution in [3.8, 4) is 0 Å². The van der Waals surface area contributed by atoms with Gasteiger partial charge in [-0.1, -0.05) is 29.0 Å². The van der Waals surface area contributed by atoms with Crippen LogP contribution in [0.2, 0.25) is 0 Å². The minimum atomic E-state index is -0.460. The van der Waals surface area contributed by atoms with Gasteiger partial charge in [0.15, 0.2) is 10.2 Å². The number of benzene rings is 2. The third kappa shape index (κ3) is 3.95. The zero-order valence-corrected chi connectivity index (χ0v) is 14.6. The Morgan fingerprint density at radius 2 is 1.96 bits per heavy atom. The fraction of sp³-hybridized carbons (Fsp3) is 0.0625. The number of aryl methyl sites for hydroxylation is 1. The molecule has 1 heterocycles. The molecule has 0 spiro atoms. The predicted molar refractivity (Wildman–Crippen MR) is 101 cm³/mol. The highest BCUT2D eigenvalue weighted by molar-refractivity contribution is 7.80. The molecule has 126 valence electrons. The summed E-state index contributed by atoms with van der Waals surface area (Å²) >= 11 is 6.34. The van der Waals surface area contributed by atoms with Crippen LogP contribution in [0.1, 0.15) is 15.9 Å². The van der Waals surface area contributed by atoms with Crippen LogP contribution in [0.4, 0.5) is 10.8 Å². The lowest BCUT2D eigenvalue weighted by Crippen LogP contribution is -2.34. The summed E-state index contributed by atoms with van der Waals surface area (Å²) in [5.74, 6) is -0.325. The summed E-state index contributed by atoms with van der Waals surface area (Å²) < 4.78 is 0.657. The maximum Gasteiger partial charge on any atom is 0.270 e. The average molecular weight is 372 g/mol. The fourth-order valence-corrected chi connectivity index (χ4v) is 3.25. The third-order valence-electron chi connectivity index (χ3n) is 3.34. The van der Waals surface area contributed by atoms with Gasteiger partial charge in [0.2, 0.25) is 0 Å². The van der Waals surface area contributed by atoms with E-state index in [0.717, 1.165) is 5.56 Å². The van der Waals surface area contributed by atoms with Crippen LogP contribution < -0.4 is 10.6 Å². The monoisotopic (exact) mass is 372 g/mol. The zero-order chi connectivity index (χ0) is 18.0. The van der Waals surface area contributed by atoms with Crippen LogP contribution in [-0.2, 0) is 0 Å². The molecule has 0 unspecified atom stereocenters. The number of nitrogens with one attached hydrogen (secondary N) is 2. The summed E-state index contributed by atoms with van der Waals surface area (Å²) in [7, 11) is 0. The van der Waals surface area contributed by atoms with Crippen LogP contribution in [0.3, 0.4) is 0 Å². The first-order chi connectivity index (χ1) is 11.9. The lowest BCUT2D eigenvalue weighted by molar-refractivity contribution is -0.384. The van der Waals surface area contributed by atoms with Crippen molar-refractivity contribution < 1.29 is 9.72 Å². The van der Waals surface area contributed by atoms with Gasteiger partial charge in [-0.3, -0.25) is 20.2 Å². The van der Waals surface area contributed by atoms with Crippen molar-refractivity contribution in [1.82, 2.24) is 10.3 Å². The molecule has 1 amide bonds. The number of carbonyl (C=O) groups excluding carboxylic acids is 1. The maximum absolute atomic E-state index is 12.1. The predicted octanol–water partition coefficient (Wildman–Crippen LogP) is 3.64. The number of non-ortho nitro benzene ring substituents is 1. The van der Waals surface area contributed by atoms with Gasteiger partial charge in [-0.2, -0.15) is 0 Å². The minimum absolute atomic E-state index is 0.00190. The molecule has 0 fully saturated rings. The number of hydrogen-bond acceptors (Lipinski definition) is 6. The molecule has 0 bridgehead atoms. The summed E-state index contributed by atoms with van der Waals surface area (Å²) in [6.45, 7) is 1.94. The normalized spacial score (nSPS) is 10.4. The Morgan fingerprint density at radius 1 is 1.24 bits per heavy atom. The lowest BCUT2D eigenvalue weighted by atomic mass is 10.1. The summed E-state index contributed by atoms with van der Waals surface area (Å²) in [4.78, 5) is 26.8. The molecular formula is C16H12N4O3S2. The van der Waals surface area contributed by atoms with Gasteiger partial charge in [-0.15, -0.1) is 0 Å². The lowest BCUT2D eigenvalue weighted by Gasteiger charge is -2.07. The van der Waals surface area contributed by atoms with E-state index in [1.807, 2.05) is 19.1 Å². The SMILES string of the molecule is Cc1ccc(C(=O)NC(=S)Nc2nc3ccc([N+](=O)[O-])cc3s2)cc1. The molecule has 0 aliphatic carbocycles. The zero-order valence-electron chi connectivity index (χ0n) is 13.0. The Morgan fingerprint density at radius 3 is 2.64 bits per heavy atom. The Hall–Kier alpha value is -2.91. The Kier molecular flexibility index (Phi) is 4.68. The standard InChI is InChI=1S/C16H12N4O3S2/c1-9-2-4-10(5-3-9)14(21)18-15(24)19-16-17-12-7-6-11(20(22)23)8-13(12)25-16/h2-8H,1H3,(H2,17,18,19,21,24). The van der Waals surface area contributed by atoms with Crippen molar-refractivity contribution in [2.75, 3.05) is 5.32 Å². The van der Waals surface area contributed by atoms with E-state index in [1.165, 1.54) is 23.5 Å². The number of aromatic nitrogens is 1. The van der Waals surface area contributed by atoms with Crippen molar-refractivity contribution in [3.05, 3.63) is 63.7 Å².